The van der Waals surface area contributed by atoms with E-state index in [-0.39, 0.29) is 0 Å². The van der Waals surface area contributed by atoms with Crippen LogP contribution in [0.25, 0.3) is 0 Å². The van der Waals surface area contributed by atoms with Crippen LogP contribution in [-0.2, 0) is 0 Å². The Bertz CT molecular complexity index is 520. The van der Waals surface area contributed by atoms with Crippen LogP contribution in [0, 0.1) is 6.92 Å². The molecule has 0 aliphatic carbocycles. The van der Waals surface area contributed by atoms with Crippen molar-refractivity contribution in [2.45, 2.75) is 6.92 Å². The molecule has 0 aliphatic rings. The number of ether oxygens (including phenoxy) is 1. The van der Waals surface area contributed by atoms with Crippen molar-refractivity contribution in [1.29, 1.82) is 0 Å². The fourth-order valence-corrected chi connectivity index (χ4v) is 1.34. The van der Waals surface area contributed by atoms with Crippen molar-refractivity contribution in [2.75, 3.05) is 7.11 Å². The van der Waals surface area contributed by atoms with Gasteiger partial charge in [-0.05, 0) is 19.1 Å². The van der Waals surface area contributed by atoms with E-state index < -0.39 is 0 Å². The van der Waals surface area contributed by atoms with Gasteiger partial charge in [0.1, 0.15) is 11.4 Å². The van der Waals surface area contributed by atoms with Gasteiger partial charge < -0.3 is 4.74 Å². The first-order valence-corrected chi connectivity index (χ1v) is 5.25. The lowest BCUT2D eigenvalue weighted by Crippen LogP contribution is -1.90. The van der Waals surface area contributed by atoms with Gasteiger partial charge in [0, 0.05) is 6.20 Å². The molecule has 0 unspecified atom stereocenters. The maximum atomic E-state index is 5.20. The molecule has 0 aliphatic heterocycles. The van der Waals surface area contributed by atoms with Gasteiger partial charge in [0.05, 0.1) is 30.9 Å². The van der Waals surface area contributed by atoms with Gasteiger partial charge in [-0.25, -0.2) is 0 Å². The Morgan fingerprint density at radius 2 is 2.00 bits per heavy atom. The molecule has 4 nitrogen and oxygen atoms in total. The number of nitrogens with zero attached hydrogens (tertiary/aromatic N) is 3. The van der Waals surface area contributed by atoms with Gasteiger partial charge in [0.2, 0.25) is 0 Å². The van der Waals surface area contributed by atoms with E-state index in [1.807, 2.05) is 31.2 Å². The van der Waals surface area contributed by atoms with Crippen LogP contribution in [0.4, 0.5) is 5.69 Å². The minimum absolute atomic E-state index is 0.724. The predicted octanol–water partition coefficient (Wildman–Crippen LogP) is 2.54. The highest BCUT2D eigenvalue weighted by atomic mass is 16.5. The van der Waals surface area contributed by atoms with Gasteiger partial charge in [0.25, 0.3) is 0 Å². The average Bonchev–Trinajstić information content (AvgIpc) is 2.38. The van der Waals surface area contributed by atoms with Crippen molar-refractivity contribution in [3.8, 4) is 5.75 Å². The third-order valence-corrected chi connectivity index (χ3v) is 2.22. The summed E-state index contributed by atoms with van der Waals surface area (Å²) in [7, 11) is 1.63. The van der Waals surface area contributed by atoms with Crippen LogP contribution in [0.2, 0.25) is 0 Å². The summed E-state index contributed by atoms with van der Waals surface area (Å²) in [6, 6.07) is 7.57. The zero-order valence-electron chi connectivity index (χ0n) is 9.79. The maximum absolute atomic E-state index is 5.20. The van der Waals surface area contributed by atoms with E-state index in [0.29, 0.717) is 0 Å². The van der Waals surface area contributed by atoms with Crippen molar-refractivity contribution in [2.24, 2.45) is 4.99 Å². The van der Waals surface area contributed by atoms with Crippen molar-refractivity contribution in [3.05, 3.63) is 48.0 Å². The van der Waals surface area contributed by atoms with E-state index in [0.717, 1.165) is 22.8 Å². The van der Waals surface area contributed by atoms with E-state index >= 15 is 0 Å². The van der Waals surface area contributed by atoms with Crippen LogP contribution in [0.1, 0.15) is 11.4 Å². The van der Waals surface area contributed by atoms with Crippen LogP contribution >= 0.6 is 0 Å². The molecule has 0 amide bonds. The molecule has 86 valence electrons. The summed E-state index contributed by atoms with van der Waals surface area (Å²) in [6.07, 6.45) is 5.07. The second-order valence-electron chi connectivity index (χ2n) is 3.51. The third-order valence-electron chi connectivity index (χ3n) is 2.22. The number of aryl methyl sites for hydroxylation is 1. The third kappa shape index (κ3) is 2.87. The monoisotopic (exact) mass is 227 g/mol. The molecule has 1 aromatic heterocycles. The number of hydrogen-bond donors (Lipinski definition) is 0. The van der Waals surface area contributed by atoms with Crippen molar-refractivity contribution >= 4 is 11.9 Å². The molecule has 0 N–H and O–H groups in total. The van der Waals surface area contributed by atoms with Crippen LogP contribution in [-0.4, -0.2) is 23.3 Å². The number of methoxy groups -OCH3 is 1. The van der Waals surface area contributed by atoms with Gasteiger partial charge in [-0.1, -0.05) is 12.1 Å². The lowest BCUT2D eigenvalue weighted by Gasteiger charge is -2.02. The Morgan fingerprint density at radius 1 is 1.18 bits per heavy atom. The highest BCUT2D eigenvalue weighted by Crippen LogP contribution is 2.25. The average molecular weight is 227 g/mol. The van der Waals surface area contributed by atoms with Crippen LogP contribution in [0.15, 0.2) is 41.7 Å². The van der Waals surface area contributed by atoms with Crippen molar-refractivity contribution in [1.82, 2.24) is 9.97 Å². The lowest BCUT2D eigenvalue weighted by atomic mass is 10.3. The number of aromatic nitrogens is 2. The highest BCUT2D eigenvalue weighted by molar-refractivity contribution is 5.80. The second kappa shape index (κ2) is 5.21. The fraction of sp³-hybridized carbons (Fsp3) is 0.154. The second-order valence-corrected chi connectivity index (χ2v) is 3.51. The van der Waals surface area contributed by atoms with Crippen LogP contribution < -0.4 is 4.74 Å². The zero-order valence-corrected chi connectivity index (χ0v) is 9.79. The smallest absolute Gasteiger partial charge is 0.144 e. The summed E-state index contributed by atoms with van der Waals surface area (Å²) >= 11 is 0. The molecular formula is C13H13N3O. The quantitative estimate of drug-likeness (QED) is 0.757. The van der Waals surface area contributed by atoms with Crippen molar-refractivity contribution < 1.29 is 4.74 Å². The molecule has 1 aromatic carbocycles. The first kappa shape index (κ1) is 11.3. The molecule has 0 atom stereocenters. The molecular weight excluding hydrogens is 214 g/mol. The minimum Gasteiger partial charge on any atom is -0.494 e. The molecule has 0 spiro atoms. The van der Waals surface area contributed by atoms with E-state index in [1.54, 1.807) is 25.7 Å². The lowest BCUT2D eigenvalue weighted by molar-refractivity contribution is 0.416. The van der Waals surface area contributed by atoms with Crippen molar-refractivity contribution in [3.63, 3.8) is 0 Å². The van der Waals surface area contributed by atoms with Crippen LogP contribution in [0.3, 0.4) is 0 Å². The summed E-state index contributed by atoms with van der Waals surface area (Å²) in [5.74, 6) is 0.740. The first-order chi connectivity index (χ1) is 8.29. The Morgan fingerprint density at radius 3 is 2.71 bits per heavy atom. The number of para-hydroxylation sites is 2. The zero-order chi connectivity index (χ0) is 12.1. The summed E-state index contributed by atoms with van der Waals surface area (Å²) < 4.78 is 5.20. The molecule has 0 saturated heterocycles. The molecule has 4 heteroatoms. The highest BCUT2D eigenvalue weighted by Gasteiger charge is 1.98. The maximum Gasteiger partial charge on any atom is 0.144 e. The van der Waals surface area contributed by atoms with Gasteiger partial charge >= 0.3 is 0 Å². The topological polar surface area (TPSA) is 47.4 Å². The number of hydrogen-bond acceptors (Lipinski definition) is 4. The molecule has 0 bridgehead atoms. The standard InChI is InChI=1S/C13H13N3O/c1-10-7-15-11(8-14-10)9-16-12-5-3-4-6-13(12)17-2/h3-9H,1-2H3. The normalized spacial score (nSPS) is 10.7. The van der Waals surface area contributed by atoms with E-state index in [4.69, 9.17) is 4.74 Å². The van der Waals surface area contributed by atoms with E-state index in [9.17, 15) is 0 Å². The number of benzene rings is 1. The Hall–Kier alpha value is -2.23. The number of aliphatic imine (C=N–C) groups is 1. The Labute approximate surface area is 100 Å². The molecule has 0 fully saturated rings. The van der Waals surface area contributed by atoms with E-state index in [1.165, 1.54) is 0 Å². The molecule has 1 heterocycles. The molecule has 17 heavy (non-hydrogen) atoms. The van der Waals surface area contributed by atoms with Crippen LogP contribution in [0.5, 0.6) is 5.75 Å². The fourth-order valence-electron chi connectivity index (χ4n) is 1.34. The number of rotatable bonds is 3. The predicted molar refractivity (Wildman–Crippen MR) is 67.0 cm³/mol. The Balaban J connectivity index is 2.22. The Kier molecular flexibility index (Phi) is 3.45. The summed E-state index contributed by atoms with van der Waals surface area (Å²) in [4.78, 5) is 12.7. The van der Waals surface area contributed by atoms with Gasteiger partial charge in [0.15, 0.2) is 0 Å². The van der Waals surface area contributed by atoms with Gasteiger partial charge in [-0.3, -0.25) is 15.0 Å². The molecule has 2 aromatic rings. The van der Waals surface area contributed by atoms with Gasteiger partial charge in [-0.2, -0.15) is 0 Å². The molecule has 0 radical (unpaired) electrons. The summed E-state index contributed by atoms with van der Waals surface area (Å²) in [5.41, 5.74) is 2.39. The molecule has 2 rings (SSSR count). The minimum atomic E-state index is 0.724. The first-order valence-electron chi connectivity index (χ1n) is 5.25. The van der Waals surface area contributed by atoms with E-state index in [2.05, 4.69) is 15.0 Å². The van der Waals surface area contributed by atoms with Gasteiger partial charge in [-0.15, -0.1) is 0 Å². The summed E-state index contributed by atoms with van der Waals surface area (Å²) in [5, 5.41) is 0. The summed E-state index contributed by atoms with van der Waals surface area (Å²) in [6.45, 7) is 1.90. The SMILES string of the molecule is COc1ccccc1N=Cc1cnc(C)cn1. The molecule has 0 saturated carbocycles. The largest absolute Gasteiger partial charge is 0.494 e.